The maximum Gasteiger partial charge on any atom is 0.417 e. The Labute approximate surface area is 275 Å². The van der Waals surface area contributed by atoms with Crippen LogP contribution < -0.4 is 10.9 Å². The third kappa shape index (κ3) is 6.38. The molecule has 3 aromatic carbocycles. The second-order valence-electron chi connectivity index (χ2n) is 10.6. The molecule has 0 unspecified atom stereocenters. The predicted molar refractivity (Wildman–Crippen MR) is 170 cm³/mol. The van der Waals surface area contributed by atoms with Crippen LogP contribution in [0, 0.1) is 6.92 Å². The fourth-order valence-electron chi connectivity index (χ4n) is 5.17. The fraction of sp³-hybridized carbons (Fsp3) is 0.156. The molecule has 2 aromatic heterocycles. The molecule has 0 spiro atoms. The van der Waals surface area contributed by atoms with Gasteiger partial charge in [0.25, 0.3) is 21.5 Å². The van der Waals surface area contributed by atoms with Crippen LogP contribution >= 0.6 is 23.2 Å². The van der Waals surface area contributed by atoms with Crippen LogP contribution in [0.2, 0.25) is 10.0 Å². The van der Waals surface area contributed by atoms with Crippen molar-refractivity contribution in [2.24, 2.45) is 7.05 Å². The molecule has 0 saturated heterocycles. The van der Waals surface area contributed by atoms with Crippen LogP contribution in [0.25, 0.3) is 22.0 Å². The molecule has 0 aliphatic rings. The van der Waals surface area contributed by atoms with Crippen LogP contribution in [0.5, 0.6) is 0 Å². The number of aromatic nitrogens is 2. The van der Waals surface area contributed by atoms with Crippen LogP contribution in [0.15, 0.2) is 88.6 Å². The molecule has 15 heteroatoms. The Kier molecular flexibility index (Phi) is 9.01. The SMILES string of the molecule is Cc1cc(C(F)(F)F)c(-c2ccc(C[C@H](NC(=O)c3cc4ccccc4n3S(=O)(=O)c3c(Cl)cccc3Cl)C(=O)O)cc2)c(=O)n1C. The molecule has 1 amide bonds. The summed E-state index contributed by atoms with van der Waals surface area (Å²) in [6.45, 7) is 1.38. The van der Waals surface area contributed by atoms with Crippen LogP contribution in [0.3, 0.4) is 0 Å². The maximum absolute atomic E-state index is 13.9. The minimum Gasteiger partial charge on any atom is -0.480 e. The second kappa shape index (κ2) is 12.5. The van der Waals surface area contributed by atoms with Gasteiger partial charge >= 0.3 is 12.1 Å². The van der Waals surface area contributed by atoms with Crippen molar-refractivity contribution in [3.8, 4) is 11.1 Å². The van der Waals surface area contributed by atoms with E-state index in [-0.39, 0.29) is 33.2 Å². The van der Waals surface area contributed by atoms with Gasteiger partial charge in [-0.15, -0.1) is 0 Å². The summed E-state index contributed by atoms with van der Waals surface area (Å²) in [6.07, 6.45) is -5.14. The van der Waals surface area contributed by atoms with Gasteiger partial charge in [-0.25, -0.2) is 17.2 Å². The summed E-state index contributed by atoms with van der Waals surface area (Å²) in [7, 11) is -3.24. The molecule has 0 fully saturated rings. The summed E-state index contributed by atoms with van der Waals surface area (Å²) in [5, 5.41) is 12.3. The molecule has 244 valence electrons. The minimum atomic E-state index is -4.81. The Bertz CT molecular complexity index is 2210. The van der Waals surface area contributed by atoms with Crippen molar-refractivity contribution in [3.63, 3.8) is 0 Å². The van der Waals surface area contributed by atoms with Crippen molar-refractivity contribution in [3.05, 3.63) is 122 Å². The minimum absolute atomic E-state index is 0.0365. The van der Waals surface area contributed by atoms with E-state index in [4.69, 9.17) is 23.2 Å². The third-order valence-corrected chi connectivity index (χ3v) is 10.3. The van der Waals surface area contributed by atoms with E-state index in [1.807, 2.05) is 0 Å². The Morgan fingerprint density at radius 2 is 1.57 bits per heavy atom. The van der Waals surface area contributed by atoms with E-state index in [0.717, 1.165) is 14.6 Å². The molecular formula is C32H24Cl2F3N3O6S. The number of carbonyl (C=O) groups excluding carboxylic acids is 1. The van der Waals surface area contributed by atoms with E-state index >= 15 is 0 Å². The van der Waals surface area contributed by atoms with Crippen molar-refractivity contribution >= 4 is 56.0 Å². The number of carboxylic acids is 1. The highest BCUT2D eigenvalue weighted by molar-refractivity contribution is 7.90. The van der Waals surface area contributed by atoms with Gasteiger partial charge in [-0.05, 0) is 48.4 Å². The van der Waals surface area contributed by atoms with Gasteiger partial charge in [-0.1, -0.05) is 71.7 Å². The number of carboxylic acid groups (broad SMARTS) is 1. The maximum atomic E-state index is 13.9. The molecule has 1 atom stereocenters. The van der Waals surface area contributed by atoms with Gasteiger partial charge in [0.1, 0.15) is 16.6 Å². The molecule has 2 N–H and O–H groups in total. The zero-order valence-electron chi connectivity index (χ0n) is 24.5. The molecule has 0 aliphatic heterocycles. The molecule has 0 radical (unpaired) electrons. The summed E-state index contributed by atoms with van der Waals surface area (Å²) in [6, 6.07) is 16.0. The Morgan fingerprint density at radius 1 is 0.957 bits per heavy atom. The fourth-order valence-corrected chi connectivity index (χ4v) is 7.78. The monoisotopic (exact) mass is 705 g/mol. The summed E-state index contributed by atoms with van der Waals surface area (Å²) in [5.74, 6) is -2.51. The van der Waals surface area contributed by atoms with E-state index in [1.165, 1.54) is 68.6 Å². The average Bonchev–Trinajstić information content (AvgIpc) is 3.40. The number of alkyl halides is 3. The number of hydrogen-bond donors (Lipinski definition) is 2. The normalized spacial score (nSPS) is 12.7. The molecule has 5 rings (SSSR count). The van der Waals surface area contributed by atoms with E-state index < -0.39 is 61.4 Å². The number of nitrogens with one attached hydrogen (secondary N) is 1. The van der Waals surface area contributed by atoms with E-state index in [2.05, 4.69) is 5.32 Å². The van der Waals surface area contributed by atoms with Crippen molar-refractivity contribution in [1.82, 2.24) is 13.9 Å². The average molecular weight is 707 g/mol. The van der Waals surface area contributed by atoms with Crippen molar-refractivity contribution < 1.29 is 36.3 Å². The summed E-state index contributed by atoms with van der Waals surface area (Å²) >= 11 is 12.4. The highest BCUT2D eigenvalue weighted by Gasteiger charge is 2.36. The van der Waals surface area contributed by atoms with Gasteiger partial charge in [0, 0.05) is 24.5 Å². The number of nitrogens with zero attached hydrogens (tertiary/aromatic N) is 2. The van der Waals surface area contributed by atoms with Crippen molar-refractivity contribution in [2.75, 3.05) is 0 Å². The number of aryl methyl sites for hydroxylation is 1. The number of benzene rings is 3. The van der Waals surface area contributed by atoms with Crippen LogP contribution in [-0.2, 0) is 34.5 Å². The molecule has 0 bridgehead atoms. The topological polar surface area (TPSA) is 127 Å². The smallest absolute Gasteiger partial charge is 0.417 e. The first kappa shape index (κ1) is 33.8. The van der Waals surface area contributed by atoms with Gasteiger partial charge in [0.2, 0.25) is 0 Å². The molecule has 2 heterocycles. The number of fused-ring (bicyclic) bond motifs is 1. The van der Waals surface area contributed by atoms with Gasteiger partial charge in [0.05, 0.1) is 26.7 Å². The van der Waals surface area contributed by atoms with Crippen LogP contribution in [0.4, 0.5) is 13.2 Å². The first-order valence-corrected chi connectivity index (χ1v) is 15.9. The molecule has 0 saturated carbocycles. The van der Waals surface area contributed by atoms with Crippen LogP contribution in [-0.4, -0.2) is 40.0 Å². The number of amides is 1. The van der Waals surface area contributed by atoms with E-state index in [1.54, 1.807) is 18.2 Å². The Morgan fingerprint density at radius 3 is 2.17 bits per heavy atom. The van der Waals surface area contributed by atoms with Gasteiger partial charge in [-0.2, -0.15) is 13.2 Å². The Hall–Kier alpha value is -4.59. The lowest BCUT2D eigenvalue weighted by atomic mass is 9.97. The number of aliphatic carboxylic acids is 1. The third-order valence-electron chi connectivity index (χ3n) is 7.58. The quantitative estimate of drug-likeness (QED) is 0.195. The highest BCUT2D eigenvalue weighted by Crippen LogP contribution is 2.36. The lowest BCUT2D eigenvalue weighted by molar-refractivity contribution is -0.139. The summed E-state index contributed by atoms with van der Waals surface area (Å²) < 4.78 is 71.1. The standard InChI is InChI=1S/C32H24Cl2F3N3O6S/c1-17-14-21(32(35,36)37)27(30(42)39(17)2)19-12-10-18(11-13-19)15-24(31(43)44)38-29(41)26-16-20-6-3-4-9-25(20)40(26)47(45,46)28-22(33)7-5-8-23(28)34/h3-14,16,24H,15H2,1-2H3,(H,38,41)(H,43,44)/t24-/m0/s1. The summed E-state index contributed by atoms with van der Waals surface area (Å²) in [5.41, 5.74) is -2.46. The first-order valence-electron chi connectivity index (χ1n) is 13.7. The molecule has 5 aromatic rings. The molecular weight excluding hydrogens is 682 g/mol. The van der Waals surface area contributed by atoms with E-state index in [0.29, 0.717) is 10.9 Å². The largest absolute Gasteiger partial charge is 0.480 e. The number of hydrogen-bond acceptors (Lipinski definition) is 5. The predicted octanol–water partition coefficient (Wildman–Crippen LogP) is 6.30. The summed E-state index contributed by atoms with van der Waals surface area (Å²) in [4.78, 5) is 38.2. The first-order chi connectivity index (χ1) is 22.0. The van der Waals surface area contributed by atoms with Crippen LogP contribution in [0.1, 0.15) is 27.3 Å². The lowest BCUT2D eigenvalue weighted by Gasteiger charge is -2.18. The van der Waals surface area contributed by atoms with Gasteiger partial charge in [0.15, 0.2) is 0 Å². The number of carbonyl (C=O) groups is 2. The van der Waals surface area contributed by atoms with Crippen molar-refractivity contribution in [1.29, 1.82) is 0 Å². The lowest BCUT2D eigenvalue weighted by Crippen LogP contribution is -2.43. The molecule has 47 heavy (non-hydrogen) atoms. The number of halogens is 5. The van der Waals surface area contributed by atoms with Gasteiger partial charge in [-0.3, -0.25) is 9.59 Å². The number of rotatable bonds is 8. The molecule has 0 aliphatic carbocycles. The zero-order chi connectivity index (χ0) is 34.4. The number of para-hydroxylation sites is 1. The highest BCUT2D eigenvalue weighted by atomic mass is 35.5. The number of pyridine rings is 1. The molecule has 9 nitrogen and oxygen atoms in total. The van der Waals surface area contributed by atoms with Gasteiger partial charge < -0.3 is 15.0 Å². The van der Waals surface area contributed by atoms with Crippen molar-refractivity contribution in [2.45, 2.75) is 30.5 Å². The second-order valence-corrected chi connectivity index (χ2v) is 13.1. The van der Waals surface area contributed by atoms with E-state index in [9.17, 15) is 41.1 Å². The zero-order valence-corrected chi connectivity index (χ0v) is 26.8. The Balaban J connectivity index is 1.49.